The number of rotatable bonds is 2. The molecule has 0 aliphatic carbocycles. The Hall–Kier alpha value is -1.09. The monoisotopic (exact) mass is 167 g/mol. The number of aliphatic carboxylic acids is 1. The van der Waals surface area contributed by atoms with Crippen LogP contribution in [-0.2, 0) is 4.79 Å². The van der Waals surface area contributed by atoms with Crippen LogP contribution in [0.1, 0.15) is 10.4 Å². The fourth-order valence-corrected chi connectivity index (χ4v) is 1.48. The molecule has 0 saturated heterocycles. The third kappa shape index (κ3) is 2.55. The second-order valence-electron chi connectivity index (χ2n) is 2.18. The minimum atomic E-state index is -1.16. The zero-order valence-electron chi connectivity index (χ0n) is 6.03. The van der Waals surface area contributed by atoms with Gasteiger partial charge in [-0.25, -0.2) is 0 Å². The van der Waals surface area contributed by atoms with E-state index in [2.05, 4.69) is 0 Å². The van der Waals surface area contributed by atoms with E-state index in [9.17, 15) is 9.90 Å². The summed E-state index contributed by atoms with van der Waals surface area (Å²) >= 11 is 1.51. The SMILES string of the molecule is Cc1csc(/C=C/C(=O)[O-])c1. The van der Waals surface area contributed by atoms with Crippen LogP contribution in [0.3, 0.4) is 0 Å². The first-order chi connectivity index (χ1) is 5.18. The van der Waals surface area contributed by atoms with Gasteiger partial charge in [0.2, 0.25) is 0 Å². The minimum Gasteiger partial charge on any atom is -0.545 e. The second-order valence-corrected chi connectivity index (χ2v) is 3.12. The lowest BCUT2D eigenvalue weighted by Gasteiger charge is -1.87. The van der Waals surface area contributed by atoms with Gasteiger partial charge >= 0.3 is 0 Å². The average molecular weight is 167 g/mol. The van der Waals surface area contributed by atoms with Crippen LogP contribution < -0.4 is 5.11 Å². The summed E-state index contributed by atoms with van der Waals surface area (Å²) in [5, 5.41) is 12.0. The van der Waals surface area contributed by atoms with Gasteiger partial charge in [-0.15, -0.1) is 11.3 Å². The Bertz CT molecular complexity index is 286. The number of carbonyl (C=O) groups excluding carboxylic acids is 1. The molecule has 58 valence electrons. The van der Waals surface area contributed by atoms with E-state index in [0.29, 0.717) is 0 Å². The topological polar surface area (TPSA) is 40.1 Å². The first-order valence-electron chi connectivity index (χ1n) is 3.12. The van der Waals surface area contributed by atoms with Gasteiger partial charge < -0.3 is 9.90 Å². The summed E-state index contributed by atoms with van der Waals surface area (Å²) in [6.07, 6.45) is 2.57. The van der Waals surface area contributed by atoms with Crippen molar-refractivity contribution in [3.8, 4) is 0 Å². The van der Waals surface area contributed by atoms with Crippen molar-refractivity contribution < 1.29 is 9.90 Å². The summed E-state index contributed by atoms with van der Waals surface area (Å²) in [5.41, 5.74) is 1.15. The van der Waals surface area contributed by atoms with E-state index in [4.69, 9.17) is 0 Å². The second kappa shape index (κ2) is 3.34. The van der Waals surface area contributed by atoms with Crippen LogP contribution in [-0.4, -0.2) is 5.97 Å². The third-order valence-electron chi connectivity index (χ3n) is 1.13. The summed E-state index contributed by atoms with van der Waals surface area (Å²) in [5.74, 6) is -1.16. The highest BCUT2D eigenvalue weighted by Crippen LogP contribution is 2.14. The fourth-order valence-electron chi connectivity index (χ4n) is 0.691. The minimum absolute atomic E-state index is 0.937. The molecular formula is C8H7O2S-. The number of carboxylic acids is 1. The van der Waals surface area contributed by atoms with Crippen molar-refractivity contribution >= 4 is 23.4 Å². The van der Waals surface area contributed by atoms with E-state index < -0.39 is 5.97 Å². The maximum Gasteiger partial charge on any atom is 0.0643 e. The summed E-state index contributed by atoms with van der Waals surface area (Å²) in [6.45, 7) is 1.97. The molecule has 0 atom stereocenters. The third-order valence-corrected chi connectivity index (χ3v) is 2.15. The van der Waals surface area contributed by atoms with Crippen molar-refractivity contribution in [3.05, 3.63) is 28.0 Å². The summed E-state index contributed by atoms with van der Waals surface area (Å²) in [4.78, 5) is 10.9. The Balaban J connectivity index is 2.71. The van der Waals surface area contributed by atoms with E-state index in [1.54, 1.807) is 0 Å². The van der Waals surface area contributed by atoms with Gasteiger partial charge in [0.05, 0.1) is 5.97 Å². The Morgan fingerprint density at radius 1 is 1.73 bits per heavy atom. The zero-order chi connectivity index (χ0) is 8.27. The molecule has 3 heteroatoms. The molecule has 0 spiro atoms. The molecular weight excluding hydrogens is 160 g/mol. The highest BCUT2D eigenvalue weighted by atomic mass is 32.1. The first-order valence-corrected chi connectivity index (χ1v) is 4.00. The summed E-state index contributed by atoms with van der Waals surface area (Å²) < 4.78 is 0. The molecule has 1 rings (SSSR count). The lowest BCUT2D eigenvalue weighted by atomic mass is 10.3. The number of aryl methyl sites for hydroxylation is 1. The van der Waals surface area contributed by atoms with Crippen molar-refractivity contribution in [2.24, 2.45) is 0 Å². The van der Waals surface area contributed by atoms with Crippen molar-refractivity contribution in [1.82, 2.24) is 0 Å². The molecule has 1 aromatic heterocycles. The Kier molecular flexibility index (Phi) is 2.44. The van der Waals surface area contributed by atoms with Gasteiger partial charge in [-0.3, -0.25) is 0 Å². The molecule has 0 N–H and O–H groups in total. The van der Waals surface area contributed by atoms with Crippen LogP contribution in [0.5, 0.6) is 0 Å². The van der Waals surface area contributed by atoms with E-state index in [-0.39, 0.29) is 0 Å². The van der Waals surface area contributed by atoms with Gasteiger partial charge in [0.15, 0.2) is 0 Å². The quantitative estimate of drug-likeness (QED) is 0.612. The van der Waals surface area contributed by atoms with Gasteiger partial charge in [0.25, 0.3) is 0 Å². The Morgan fingerprint density at radius 3 is 2.91 bits per heavy atom. The molecule has 0 aliphatic heterocycles. The molecule has 1 aromatic rings. The highest BCUT2D eigenvalue weighted by molar-refractivity contribution is 7.11. The predicted octanol–water partition coefficient (Wildman–Crippen LogP) is 0.820. The van der Waals surface area contributed by atoms with Crippen molar-refractivity contribution in [2.45, 2.75) is 6.92 Å². The molecule has 11 heavy (non-hydrogen) atoms. The Labute approximate surface area is 68.8 Å². The highest BCUT2D eigenvalue weighted by Gasteiger charge is 1.89. The van der Waals surface area contributed by atoms with Crippen LogP contribution in [0.25, 0.3) is 6.08 Å². The molecule has 1 heterocycles. The van der Waals surface area contributed by atoms with Crippen LogP contribution in [0, 0.1) is 6.92 Å². The van der Waals surface area contributed by atoms with Gasteiger partial charge in [-0.05, 0) is 36.1 Å². The first kappa shape index (κ1) is 8.01. The van der Waals surface area contributed by atoms with Crippen molar-refractivity contribution in [2.75, 3.05) is 0 Å². The maximum absolute atomic E-state index is 9.99. The van der Waals surface area contributed by atoms with Crippen LogP contribution in [0.2, 0.25) is 0 Å². The van der Waals surface area contributed by atoms with Crippen LogP contribution >= 0.6 is 11.3 Å². The predicted molar refractivity (Wildman–Crippen MR) is 43.1 cm³/mol. The van der Waals surface area contributed by atoms with E-state index >= 15 is 0 Å². The zero-order valence-corrected chi connectivity index (χ0v) is 6.85. The van der Waals surface area contributed by atoms with Crippen LogP contribution in [0.4, 0.5) is 0 Å². The molecule has 0 fully saturated rings. The smallest absolute Gasteiger partial charge is 0.0643 e. The van der Waals surface area contributed by atoms with Gasteiger partial charge in [0.1, 0.15) is 0 Å². The Morgan fingerprint density at radius 2 is 2.45 bits per heavy atom. The molecule has 0 amide bonds. The summed E-state index contributed by atoms with van der Waals surface area (Å²) in [6, 6.07) is 1.92. The molecule has 0 radical (unpaired) electrons. The normalized spacial score (nSPS) is 10.6. The lowest BCUT2D eigenvalue weighted by Crippen LogP contribution is -2.18. The number of hydrogen-bond acceptors (Lipinski definition) is 3. The van der Waals surface area contributed by atoms with Gasteiger partial charge in [-0.1, -0.05) is 0 Å². The van der Waals surface area contributed by atoms with Crippen molar-refractivity contribution in [3.63, 3.8) is 0 Å². The van der Waals surface area contributed by atoms with E-state index in [0.717, 1.165) is 16.5 Å². The molecule has 0 aliphatic rings. The number of carboxylic acid groups (broad SMARTS) is 1. The largest absolute Gasteiger partial charge is 0.545 e. The van der Waals surface area contributed by atoms with E-state index in [1.165, 1.54) is 17.4 Å². The molecule has 0 saturated carbocycles. The maximum atomic E-state index is 9.99. The summed E-state index contributed by atoms with van der Waals surface area (Å²) in [7, 11) is 0. The molecule has 0 unspecified atom stereocenters. The van der Waals surface area contributed by atoms with Crippen molar-refractivity contribution in [1.29, 1.82) is 0 Å². The van der Waals surface area contributed by atoms with Gasteiger partial charge in [-0.2, -0.15) is 0 Å². The number of thiophene rings is 1. The van der Waals surface area contributed by atoms with Crippen LogP contribution in [0.15, 0.2) is 17.5 Å². The van der Waals surface area contributed by atoms with Gasteiger partial charge in [0, 0.05) is 4.88 Å². The standard InChI is InChI=1S/C8H8O2S/c1-6-4-7(11-5-6)2-3-8(9)10/h2-5H,1H3,(H,9,10)/p-1/b3-2+. The molecule has 0 bridgehead atoms. The number of carbonyl (C=O) groups is 1. The number of hydrogen-bond donors (Lipinski definition) is 0. The lowest BCUT2D eigenvalue weighted by molar-refractivity contribution is -0.297. The average Bonchev–Trinajstić information content (AvgIpc) is 2.31. The molecule has 0 aromatic carbocycles. The van der Waals surface area contributed by atoms with E-state index in [1.807, 2.05) is 18.4 Å². The fraction of sp³-hybridized carbons (Fsp3) is 0.125. The molecule has 2 nitrogen and oxygen atoms in total.